The van der Waals surface area contributed by atoms with Crippen LogP contribution in [0.25, 0.3) is 0 Å². The number of carbonyl (C=O) groups is 1. The first-order valence-electron chi connectivity index (χ1n) is 8.10. The van der Waals surface area contributed by atoms with Crippen LogP contribution in [0.4, 0.5) is 0 Å². The summed E-state index contributed by atoms with van der Waals surface area (Å²) in [5.74, 6) is 0.744. The van der Waals surface area contributed by atoms with Gasteiger partial charge in [0.25, 0.3) is 5.91 Å². The summed E-state index contributed by atoms with van der Waals surface area (Å²) in [6.07, 6.45) is 3.44. The van der Waals surface area contributed by atoms with E-state index in [1.165, 1.54) is 0 Å². The van der Waals surface area contributed by atoms with E-state index >= 15 is 0 Å². The molecule has 23 heavy (non-hydrogen) atoms. The number of carbonyl (C=O) groups excluding carboxylic acids is 1. The molecule has 0 radical (unpaired) electrons. The zero-order chi connectivity index (χ0) is 16.5. The lowest BCUT2D eigenvalue weighted by Crippen LogP contribution is -2.38. The van der Waals surface area contributed by atoms with Crippen molar-refractivity contribution in [2.45, 2.75) is 12.8 Å². The fraction of sp³-hybridized carbons (Fsp3) is 0.500. The molecule has 2 rings (SSSR count). The van der Waals surface area contributed by atoms with Gasteiger partial charge in [-0.15, -0.1) is 6.58 Å². The number of hydrogen-bond acceptors (Lipinski definition) is 4. The van der Waals surface area contributed by atoms with E-state index in [0.717, 1.165) is 50.6 Å². The van der Waals surface area contributed by atoms with Crippen molar-refractivity contribution in [2.24, 2.45) is 0 Å². The predicted molar refractivity (Wildman–Crippen MR) is 91.1 cm³/mol. The first kappa shape index (κ1) is 17.5. The second-order valence-electron chi connectivity index (χ2n) is 5.58. The molecule has 0 atom stereocenters. The van der Waals surface area contributed by atoms with Gasteiger partial charge in [0, 0.05) is 25.2 Å². The minimum absolute atomic E-state index is 0.0417. The molecule has 5 nitrogen and oxygen atoms in total. The summed E-state index contributed by atoms with van der Waals surface area (Å²) in [7, 11) is 1.63. The van der Waals surface area contributed by atoms with Crippen LogP contribution in [0.2, 0.25) is 0 Å². The van der Waals surface area contributed by atoms with Crippen LogP contribution in [0, 0.1) is 0 Å². The SMILES string of the molecule is C=CCc1cc(C(=O)NCCCN2CCOCC2)ccc1OC. The monoisotopic (exact) mass is 318 g/mol. The maximum Gasteiger partial charge on any atom is 0.251 e. The van der Waals surface area contributed by atoms with Crippen molar-refractivity contribution in [3.05, 3.63) is 42.0 Å². The van der Waals surface area contributed by atoms with E-state index in [2.05, 4.69) is 16.8 Å². The predicted octanol–water partition coefficient (Wildman–Crippen LogP) is 1.88. The number of methoxy groups -OCH3 is 1. The fourth-order valence-electron chi connectivity index (χ4n) is 2.67. The van der Waals surface area contributed by atoms with Crippen LogP contribution in [-0.2, 0) is 11.2 Å². The summed E-state index contributed by atoms with van der Waals surface area (Å²) >= 11 is 0. The maximum atomic E-state index is 12.2. The third kappa shape index (κ3) is 5.37. The van der Waals surface area contributed by atoms with Crippen molar-refractivity contribution in [3.8, 4) is 5.75 Å². The Kier molecular flexibility index (Phi) is 7.10. The number of allylic oxidation sites excluding steroid dienone is 1. The van der Waals surface area contributed by atoms with E-state index in [1.807, 2.05) is 18.2 Å². The summed E-state index contributed by atoms with van der Waals surface area (Å²) in [6, 6.07) is 5.50. The molecular weight excluding hydrogens is 292 g/mol. The van der Waals surface area contributed by atoms with E-state index < -0.39 is 0 Å². The number of morpholine rings is 1. The van der Waals surface area contributed by atoms with Crippen molar-refractivity contribution in [3.63, 3.8) is 0 Å². The van der Waals surface area contributed by atoms with E-state index in [0.29, 0.717) is 18.5 Å². The van der Waals surface area contributed by atoms with Gasteiger partial charge in [0.15, 0.2) is 0 Å². The summed E-state index contributed by atoms with van der Waals surface area (Å²) in [5.41, 5.74) is 1.64. The number of amides is 1. The first-order chi connectivity index (χ1) is 11.2. The molecule has 1 aromatic rings. The number of ether oxygens (including phenoxy) is 2. The standard InChI is InChI=1S/C18H26N2O3/c1-3-5-15-14-16(6-7-17(15)22-2)18(21)19-8-4-9-20-10-12-23-13-11-20/h3,6-7,14H,1,4-5,8-13H2,2H3,(H,19,21). The van der Waals surface area contributed by atoms with Crippen molar-refractivity contribution in [1.29, 1.82) is 0 Å². The minimum Gasteiger partial charge on any atom is -0.496 e. The van der Waals surface area contributed by atoms with Crippen LogP contribution in [0.1, 0.15) is 22.3 Å². The zero-order valence-electron chi connectivity index (χ0n) is 13.8. The molecule has 1 N–H and O–H groups in total. The summed E-state index contributed by atoms with van der Waals surface area (Å²) in [4.78, 5) is 14.6. The van der Waals surface area contributed by atoms with E-state index in [-0.39, 0.29) is 5.91 Å². The van der Waals surface area contributed by atoms with Crippen LogP contribution >= 0.6 is 0 Å². The van der Waals surface area contributed by atoms with Gasteiger partial charge in [-0.1, -0.05) is 6.08 Å². The lowest BCUT2D eigenvalue weighted by atomic mass is 10.1. The first-order valence-corrected chi connectivity index (χ1v) is 8.10. The van der Waals surface area contributed by atoms with E-state index in [4.69, 9.17) is 9.47 Å². The molecule has 1 fully saturated rings. The Morgan fingerprint density at radius 3 is 2.91 bits per heavy atom. The highest BCUT2D eigenvalue weighted by Gasteiger charge is 2.11. The number of nitrogens with one attached hydrogen (secondary N) is 1. The van der Waals surface area contributed by atoms with Gasteiger partial charge in [-0.05, 0) is 43.1 Å². The second kappa shape index (κ2) is 9.33. The van der Waals surface area contributed by atoms with Gasteiger partial charge in [0.1, 0.15) is 5.75 Å². The van der Waals surface area contributed by atoms with Gasteiger partial charge in [0.2, 0.25) is 0 Å². The van der Waals surface area contributed by atoms with Gasteiger partial charge in [0.05, 0.1) is 20.3 Å². The quantitative estimate of drug-likeness (QED) is 0.587. The maximum absolute atomic E-state index is 12.2. The topological polar surface area (TPSA) is 50.8 Å². The van der Waals surface area contributed by atoms with Gasteiger partial charge in [-0.25, -0.2) is 0 Å². The average Bonchev–Trinajstić information content (AvgIpc) is 2.59. The Labute approximate surface area is 138 Å². The van der Waals surface area contributed by atoms with E-state index in [1.54, 1.807) is 13.2 Å². The molecule has 0 saturated carbocycles. The summed E-state index contributed by atoms with van der Waals surface area (Å²) in [5, 5.41) is 2.98. The van der Waals surface area contributed by atoms with Gasteiger partial charge >= 0.3 is 0 Å². The summed E-state index contributed by atoms with van der Waals surface area (Å²) in [6.45, 7) is 9.00. The van der Waals surface area contributed by atoms with Gasteiger partial charge in [-0.3, -0.25) is 9.69 Å². The van der Waals surface area contributed by atoms with Gasteiger partial charge < -0.3 is 14.8 Å². The smallest absolute Gasteiger partial charge is 0.251 e. The molecule has 0 bridgehead atoms. The Bertz CT molecular complexity index is 525. The molecule has 1 heterocycles. The van der Waals surface area contributed by atoms with Crippen LogP contribution in [0.15, 0.2) is 30.9 Å². The van der Waals surface area contributed by atoms with Crippen molar-refractivity contribution >= 4 is 5.91 Å². The lowest BCUT2D eigenvalue weighted by Gasteiger charge is -2.26. The molecule has 0 aromatic heterocycles. The van der Waals surface area contributed by atoms with Gasteiger partial charge in [-0.2, -0.15) is 0 Å². The van der Waals surface area contributed by atoms with Crippen LogP contribution in [0.3, 0.4) is 0 Å². The fourth-order valence-corrected chi connectivity index (χ4v) is 2.67. The highest BCUT2D eigenvalue weighted by molar-refractivity contribution is 5.94. The normalized spacial score (nSPS) is 15.2. The molecule has 1 aromatic carbocycles. The van der Waals surface area contributed by atoms with Crippen molar-refractivity contribution in [2.75, 3.05) is 46.5 Å². The third-order valence-electron chi connectivity index (χ3n) is 3.95. The third-order valence-corrected chi connectivity index (χ3v) is 3.95. The highest BCUT2D eigenvalue weighted by Crippen LogP contribution is 2.20. The van der Waals surface area contributed by atoms with E-state index in [9.17, 15) is 4.79 Å². The number of benzene rings is 1. The largest absolute Gasteiger partial charge is 0.496 e. The molecule has 126 valence electrons. The Hall–Kier alpha value is -1.85. The second-order valence-corrected chi connectivity index (χ2v) is 5.58. The van der Waals surface area contributed by atoms with Crippen LogP contribution < -0.4 is 10.1 Å². The lowest BCUT2D eigenvalue weighted by molar-refractivity contribution is 0.0374. The molecule has 1 amide bonds. The van der Waals surface area contributed by atoms with Crippen LogP contribution in [-0.4, -0.2) is 57.3 Å². The minimum atomic E-state index is -0.0417. The highest BCUT2D eigenvalue weighted by atomic mass is 16.5. The molecule has 1 saturated heterocycles. The number of hydrogen-bond donors (Lipinski definition) is 1. The Balaban J connectivity index is 1.80. The number of rotatable bonds is 8. The number of nitrogens with zero attached hydrogens (tertiary/aromatic N) is 1. The molecule has 0 aliphatic carbocycles. The molecule has 0 unspecified atom stereocenters. The van der Waals surface area contributed by atoms with Crippen LogP contribution in [0.5, 0.6) is 5.75 Å². The average molecular weight is 318 g/mol. The van der Waals surface area contributed by atoms with Crippen molar-refractivity contribution in [1.82, 2.24) is 10.2 Å². The zero-order valence-corrected chi connectivity index (χ0v) is 13.8. The molecular formula is C18H26N2O3. The molecule has 1 aliphatic rings. The Morgan fingerprint density at radius 2 is 2.22 bits per heavy atom. The molecule has 1 aliphatic heterocycles. The molecule has 5 heteroatoms. The van der Waals surface area contributed by atoms with Crippen molar-refractivity contribution < 1.29 is 14.3 Å². The molecule has 0 spiro atoms. The Morgan fingerprint density at radius 1 is 1.43 bits per heavy atom. The summed E-state index contributed by atoms with van der Waals surface area (Å²) < 4.78 is 10.6.